The van der Waals surface area contributed by atoms with Gasteiger partial charge in [0.05, 0.1) is 0 Å². The molecule has 1 rings (SSSR count). The molecule has 0 saturated heterocycles. The van der Waals surface area contributed by atoms with Crippen LogP contribution in [0.4, 0.5) is 0 Å². The summed E-state index contributed by atoms with van der Waals surface area (Å²) in [6, 6.07) is 6.77. The number of rotatable bonds is 7. The minimum Gasteiger partial charge on any atom is -0.481 e. The molecule has 1 aromatic rings. The molecule has 0 radical (unpaired) electrons. The Bertz CT molecular complexity index is 486. The van der Waals surface area contributed by atoms with E-state index >= 15 is 0 Å². The van der Waals surface area contributed by atoms with Crippen molar-refractivity contribution in [3.63, 3.8) is 0 Å². The van der Waals surface area contributed by atoms with E-state index in [9.17, 15) is 9.59 Å². The van der Waals surface area contributed by atoms with Crippen LogP contribution in [0.15, 0.2) is 24.3 Å². The molecule has 0 heterocycles. The van der Waals surface area contributed by atoms with Gasteiger partial charge in [-0.2, -0.15) is 0 Å². The highest BCUT2D eigenvalue weighted by molar-refractivity contribution is 6.30. The van der Waals surface area contributed by atoms with Crippen LogP contribution in [0, 0.1) is 5.41 Å². The van der Waals surface area contributed by atoms with Gasteiger partial charge in [-0.3, -0.25) is 9.59 Å². The van der Waals surface area contributed by atoms with Crippen molar-refractivity contribution in [2.75, 3.05) is 6.54 Å². The predicted octanol–water partition coefficient (Wildman–Crippen LogP) is 3.35. The minimum absolute atomic E-state index is 0.111. The van der Waals surface area contributed by atoms with Crippen LogP contribution in [0.25, 0.3) is 0 Å². The molecule has 0 fully saturated rings. The Morgan fingerprint density at radius 2 is 2.00 bits per heavy atom. The van der Waals surface area contributed by atoms with E-state index in [0.29, 0.717) is 23.6 Å². The molecule has 20 heavy (non-hydrogen) atoms. The lowest BCUT2D eigenvalue weighted by Gasteiger charge is -2.23. The van der Waals surface area contributed by atoms with Gasteiger partial charge >= 0.3 is 5.97 Å². The molecular formula is C15H20ClNO3. The fourth-order valence-corrected chi connectivity index (χ4v) is 2.01. The van der Waals surface area contributed by atoms with Crippen LogP contribution in [0.5, 0.6) is 0 Å². The van der Waals surface area contributed by atoms with Crippen molar-refractivity contribution in [3.8, 4) is 0 Å². The van der Waals surface area contributed by atoms with E-state index in [4.69, 9.17) is 16.7 Å². The third-order valence-corrected chi connectivity index (χ3v) is 3.42. The summed E-state index contributed by atoms with van der Waals surface area (Å²) in [5, 5.41) is 12.0. The van der Waals surface area contributed by atoms with Crippen molar-refractivity contribution >= 4 is 23.5 Å². The molecule has 110 valence electrons. The number of hydrogen-bond donors (Lipinski definition) is 2. The van der Waals surface area contributed by atoms with Gasteiger partial charge in [-0.05, 0) is 36.5 Å². The lowest BCUT2D eigenvalue weighted by molar-refractivity contribution is -0.137. The quantitative estimate of drug-likeness (QED) is 0.811. The second kappa shape index (κ2) is 7.29. The van der Waals surface area contributed by atoms with Gasteiger partial charge in [0.1, 0.15) is 0 Å². The summed E-state index contributed by atoms with van der Waals surface area (Å²) in [6.07, 6.45) is 1.47. The number of carboxylic acids is 1. The van der Waals surface area contributed by atoms with E-state index in [2.05, 4.69) is 5.32 Å². The molecule has 0 aromatic heterocycles. The molecule has 1 aromatic carbocycles. The van der Waals surface area contributed by atoms with Crippen LogP contribution < -0.4 is 5.32 Å². The van der Waals surface area contributed by atoms with E-state index in [0.717, 1.165) is 6.42 Å². The van der Waals surface area contributed by atoms with Gasteiger partial charge < -0.3 is 10.4 Å². The van der Waals surface area contributed by atoms with Crippen molar-refractivity contribution < 1.29 is 14.7 Å². The van der Waals surface area contributed by atoms with Crippen LogP contribution >= 0.6 is 11.6 Å². The van der Waals surface area contributed by atoms with Crippen LogP contribution in [0.1, 0.15) is 43.5 Å². The molecule has 0 aliphatic rings. The highest BCUT2D eigenvalue weighted by Gasteiger charge is 2.19. The average molecular weight is 298 g/mol. The zero-order valence-electron chi connectivity index (χ0n) is 11.8. The number of benzene rings is 1. The normalized spacial score (nSPS) is 11.2. The SMILES string of the molecule is CC(C)(CCNC(=O)c1cccc(Cl)c1)CCC(=O)O. The van der Waals surface area contributed by atoms with Crippen LogP contribution in [0.3, 0.4) is 0 Å². The highest BCUT2D eigenvalue weighted by Crippen LogP contribution is 2.26. The number of carbonyl (C=O) groups excluding carboxylic acids is 1. The van der Waals surface area contributed by atoms with Crippen molar-refractivity contribution in [3.05, 3.63) is 34.9 Å². The second-order valence-corrected chi connectivity index (χ2v) is 6.01. The van der Waals surface area contributed by atoms with Gasteiger partial charge in [0.25, 0.3) is 5.91 Å². The standard InChI is InChI=1S/C15H20ClNO3/c1-15(2,7-6-13(18)19)8-9-17-14(20)11-4-3-5-12(16)10-11/h3-5,10H,6-9H2,1-2H3,(H,17,20)(H,18,19). The number of halogens is 1. The Morgan fingerprint density at radius 1 is 1.30 bits per heavy atom. The zero-order valence-corrected chi connectivity index (χ0v) is 12.5. The first-order chi connectivity index (χ1) is 9.30. The minimum atomic E-state index is -0.791. The summed E-state index contributed by atoms with van der Waals surface area (Å²) in [7, 11) is 0. The van der Waals surface area contributed by atoms with Crippen molar-refractivity contribution in [1.29, 1.82) is 0 Å². The molecule has 0 bridgehead atoms. The summed E-state index contributed by atoms with van der Waals surface area (Å²) >= 11 is 5.83. The second-order valence-electron chi connectivity index (χ2n) is 5.57. The lowest BCUT2D eigenvalue weighted by atomic mass is 9.84. The fraction of sp³-hybridized carbons (Fsp3) is 0.467. The molecule has 0 spiro atoms. The summed E-state index contributed by atoms with van der Waals surface area (Å²) in [5.74, 6) is -0.956. The molecular weight excluding hydrogens is 278 g/mol. The molecule has 1 amide bonds. The molecule has 5 heteroatoms. The third kappa shape index (κ3) is 6.06. The first-order valence-electron chi connectivity index (χ1n) is 6.56. The number of nitrogens with one attached hydrogen (secondary N) is 1. The summed E-state index contributed by atoms with van der Waals surface area (Å²) < 4.78 is 0. The Hall–Kier alpha value is -1.55. The molecule has 0 aliphatic carbocycles. The van der Waals surface area contributed by atoms with Crippen molar-refractivity contribution in [2.24, 2.45) is 5.41 Å². The molecule has 4 nitrogen and oxygen atoms in total. The zero-order chi connectivity index (χ0) is 15.2. The van der Waals surface area contributed by atoms with Crippen molar-refractivity contribution in [2.45, 2.75) is 33.1 Å². The first kappa shape index (κ1) is 16.5. The highest BCUT2D eigenvalue weighted by atomic mass is 35.5. The molecule has 0 saturated carbocycles. The average Bonchev–Trinajstić information content (AvgIpc) is 2.36. The number of hydrogen-bond acceptors (Lipinski definition) is 2. The van der Waals surface area contributed by atoms with Gasteiger partial charge in [0, 0.05) is 23.6 Å². The maximum atomic E-state index is 11.9. The molecule has 2 N–H and O–H groups in total. The molecule has 0 unspecified atom stereocenters. The molecule has 0 atom stereocenters. The van der Waals surface area contributed by atoms with Gasteiger partial charge in [-0.25, -0.2) is 0 Å². The summed E-state index contributed by atoms with van der Waals surface area (Å²) in [6.45, 7) is 4.51. The van der Waals surface area contributed by atoms with Gasteiger partial charge in [0.15, 0.2) is 0 Å². The first-order valence-corrected chi connectivity index (χ1v) is 6.93. The maximum absolute atomic E-state index is 11.9. The number of carboxylic acid groups (broad SMARTS) is 1. The third-order valence-electron chi connectivity index (χ3n) is 3.19. The monoisotopic (exact) mass is 297 g/mol. The number of aliphatic carboxylic acids is 1. The van der Waals surface area contributed by atoms with E-state index in [1.165, 1.54) is 0 Å². The van der Waals surface area contributed by atoms with Gasteiger partial charge in [-0.15, -0.1) is 0 Å². The Balaban J connectivity index is 2.40. The summed E-state index contributed by atoms with van der Waals surface area (Å²) in [5.41, 5.74) is 0.417. The van der Waals surface area contributed by atoms with Gasteiger partial charge in [-0.1, -0.05) is 31.5 Å². The smallest absolute Gasteiger partial charge is 0.303 e. The maximum Gasteiger partial charge on any atom is 0.303 e. The van der Waals surface area contributed by atoms with Gasteiger partial charge in [0.2, 0.25) is 0 Å². The largest absolute Gasteiger partial charge is 0.481 e. The lowest BCUT2D eigenvalue weighted by Crippen LogP contribution is -2.28. The fourth-order valence-electron chi connectivity index (χ4n) is 1.82. The van der Waals surface area contributed by atoms with E-state index < -0.39 is 5.97 Å². The Labute approximate surface area is 124 Å². The Kier molecular flexibility index (Phi) is 6.02. The molecule has 0 aliphatic heterocycles. The number of carbonyl (C=O) groups is 2. The van der Waals surface area contributed by atoms with E-state index in [-0.39, 0.29) is 17.7 Å². The Morgan fingerprint density at radius 3 is 2.60 bits per heavy atom. The van der Waals surface area contributed by atoms with E-state index in [1.54, 1.807) is 24.3 Å². The van der Waals surface area contributed by atoms with E-state index in [1.807, 2.05) is 13.8 Å². The van der Waals surface area contributed by atoms with Crippen molar-refractivity contribution in [1.82, 2.24) is 5.32 Å². The van der Waals surface area contributed by atoms with Crippen LogP contribution in [-0.4, -0.2) is 23.5 Å². The predicted molar refractivity (Wildman–Crippen MR) is 79.1 cm³/mol. The topological polar surface area (TPSA) is 66.4 Å². The van der Waals surface area contributed by atoms with Crippen LogP contribution in [0.2, 0.25) is 5.02 Å². The summed E-state index contributed by atoms with van der Waals surface area (Å²) in [4.78, 5) is 22.4. The van der Waals surface area contributed by atoms with Crippen LogP contribution in [-0.2, 0) is 4.79 Å². The number of amides is 1.